The van der Waals surface area contributed by atoms with E-state index < -0.39 is 6.10 Å². The van der Waals surface area contributed by atoms with Gasteiger partial charge < -0.3 is 10.0 Å². The minimum Gasteiger partial charge on any atom is -0.389 e. The molecule has 2 nitrogen and oxygen atoms in total. The summed E-state index contributed by atoms with van der Waals surface area (Å²) < 4.78 is 0. The zero-order valence-corrected chi connectivity index (χ0v) is 9.83. The van der Waals surface area contributed by atoms with Crippen molar-refractivity contribution in [3.63, 3.8) is 0 Å². The van der Waals surface area contributed by atoms with Gasteiger partial charge in [-0.15, -0.1) is 0 Å². The van der Waals surface area contributed by atoms with Gasteiger partial charge in [-0.2, -0.15) is 0 Å². The van der Waals surface area contributed by atoms with Crippen LogP contribution in [0, 0.1) is 0 Å². The maximum Gasteiger partial charge on any atom is 0.0762 e. The number of halogens is 1. The quantitative estimate of drug-likeness (QED) is 0.855. The fourth-order valence-corrected chi connectivity index (χ4v) is 2.05. The fourth-order valence-electron chi connectivity index (χ4n) is 1.73. The van der Waals surface area contributed by atoms with Crippen LogP contribution in [0.5, 0.6) is 0 Å². The van der Waals surface area contributed by atoms with Crippen LogP contribution < -0.4 is 4.90 Å². The predicted molar refractivity (Wildman–Crippen MR) is 63.5 cm³/mol. The molecule has 1 fully saturated rings. The lowest BCUT2D eigenvalue weighted by Crippen LogP contribution is -2.19. The van der Waals surface area contributed by atoms with E-state index >= 15 is 0 Å². The third-order valence-electron chi connectivity index (χ3n) is 2.93. The van der Waals surface area contributed by atoms with Gasteiger partial charge in [-0.25, -0.2) is 0 Å². The second kappa shape index (κ2) is 4.03. The molecule has 0 unspecified atom stereocenters. The third-order valence-corrected chi connectivity index (χ3v) is 3.23. The first kappa shape index (κ1) is 10.8. The Bertz CT molecular complexity index is 361. The molecule has 1 aromatic carbocycles. The summed E-state index contributed by atoms with van der Waals surface area (Å²) in [5.74, 6) is 0. The second-order valence-corrected chi connectivity index (χ2v) is 4.64. The molecule has 1 aliphatic rings. The molecule has 1 saturated carbocycles. The average Bonchev–Trinajstić information content (AvgIpc) is 2.99. The van der Waals surface area contributed by atoms with Crippen LogP contribution >= 0.6 is 11.6 Å². The Kier molecular flexibility index (Phi) is 2.89. The Morgan fingerprint density at radius 3 is 2.60 bits per heavy atom. The lowest BCUT2D eigenvalue weighted by Gasteiger charge is -2.20. The molecule has 1 N–H and O–H groups in total. The van der Waals surface area contributed by atoms with Gasteiger partial charge >= 0.3 is 0 Å². The number of benzene rings is 1. The lowest BCUT2D eigenvalue weighted by molar-refractivity contribution is 0.199. The van der Waals surface area contributed by atoms with E-state index in [2.05, 4.69) is 11.9 Å². The van der Waals surface area contributed by atoms with Crippen molar-refractivity contribution in [1.29, 1.82) is 0 Å². The molecular formula is C12H16ClNO. The summed E-state index contributed by atoms with van der Waals surface area (Å²) in [6.07, 6.45) is 2.05. The number of aliphatic hydroxyl groups excluding tert-OH is 1. The molecule has 0 saturated heterocycles. The topological polar surface area (TPSA) is 23.5 Å². The van der Waals surface area contributed by atoms with Crippen molar-refractivity contribution in [1.82, 2.24) is 0 Å². The van der Waals surface area contributed by atoms with Gasteiger partial charge in [0.05, 0.1) is 16.8 Å². The highest BCUT2D eigenvalue weighted by atomic mass is 35.5. The molecule has 0 amide bonds. The summed E-state index contributed by atoms with van der Waals surface area (Å²) in [7, 11) is 2.07. The maximum atomic E-state index is 9.43. The summed E-state index contributed by atoms with van der Waals surface area (Å²) in [4.78, 5) is 2.22. The van der Waals surface area contributed by atoms with Crippen molar-refractivity contribution in [2.75, 3.05) is 11.9 Å². The number of anilines is 1. The minimum absolute atomic E-state index is 0.456. The van der Waals surface area contributed by atoms with Crippen LogP contribution in [0.25, 0.3) is 0 Å². The van der Waals surface area contributed by atoms with E-state index in [-0.39, 0.29) is 0 Å². The molecule has 1 aromatic rings. The molecule has 0 heterocycles. The minimum atomic E-state index is -0.456. The molecule has 1 atom stereocenters. The molecule has 0 bridgehead atoms. The number of nitrogens with zero attached hydrogens (tertiary/aromatic N) is 1. The van der Waals surface area contributed by atoms with Gasteiger partial charge in [-0.1, -0.05) is 17.7 Å². The molecule has 0 aliphatic heterocycles. The van der Waals surface area contributed by atoms with E-state index in [1.807, 2.05) is 18.2 Å². The Labute approximate surface area is 95.5 Å². The van der Waals surface area contributed by atoms with Crippen LogP contribution in [0.3, 0.4) is 0 Å². The highest BCUT2D eigenvalue weighted by molar-refractivity contribution is 6.33. The summed E-state index contributed by atoms with van der Waals surface area (Å²) in [5, 5.41) is 10.2. The summed E-state index contributed by atoms with van der Waals surface area (Å²) in [5.41, 5.74) is 1.93. The van der Waals surface area contributed by atoms with Gasteiger partial charge in [0.1, 0.15) is 0 Å². The van der Waals surface area contributed by atoms with Crippen molar-refractivity contribution in [2.24, 2.45) is 0 Å². The lowest BCUT2D eigenvalue weighted by atomic mass is 10.1. The van der Waals surface area contributed by atoms with Gasteiger partial charge in [0, 0.05) is 13.1 Å². The predicted octanol–water partition coefficient (Wildman–Crippen LogP) is 2.99. The first-order valence-corrected chi connectivity index (χ1v) is 5.67. The Balaban J connectivity index is 2.25. The zero-order chi connectivity index (χ0) is 11.0. The maximum absolute atomic E-state index is 9.43. The Hall–Kier alpha value is -0.730. The number of rotatable bonds is 3. The second-order valence-electron chi connectivity index (χ2n) is 4.23. The van der Waals surface area contributed by atoms with E-state index in [0.29, 0.717) is 6.04 Å². The van der Waals surface area contributed by atoms with E-state index in [4.69, 9.17) is 11.6 Å². The SMILES string of the molecule is C[C@@H](O)c1ccc(N(C)C2CC2)c(Cl)c1. The third kappa shape index (κ3) is 2.27. The van der Waals surface area contributed by atoms with E-state index in [1.54, 1.807) is 6.92 Å². The van der Waals surface area contributed by atoms with Crippen LogP contribution in [0.4, 0.5) is 5.69 Å². The molecule has 0 radical (unpaired) electrons. The summed E-state index contributed by atoms with van der Waals surface area (Å²) in [6, 6.07) is 6.42. The standard InChI is InChI=1S/C12H16ClNO/c1-8(15)9-3-6-12(11(13)7-9)14(2)10-4-5-10/h3,6-8,10,15H,4-5H2,1-2H3/t8-/m1/s1. The molecule has 1 aliphatic carbocycles. The zero-order valence-electron chi connectivity index (χ0n) is 9.07. The van der Waals surface area contributed by atoms with Gasteiger partial charge in [0.15, 0.2) is 0 Å². The smallest absolute Gasteiger partial charge is 0.0762 e. The van der Waals surface area contributed by atoms with Crippen molar-refractivity contribution >= 4 is 17.3 Å². The monoisotopic (exact) mass is 225 g/mol. The van der Waals surface area contributed by atoms with Crippen LogP contribution in [-0.2, 0) is 0 Å². The van der Waals surface area contributed by atoms with Crippen LogP contribution in [0.15, 0.2) is 18.2 Å². The molecule has 2 rings (SSSR count). The van der Waals surface area contributed by atoms with Gasteiger partial charge in [-0.3, -0.25) is 0 Å². The van der Waals surface area contributed by atoms with Crippen LogP contribution in [0.2, 0.25) is 5.02 Å². The highest BCUT2D eigenvalue weighted by Gasteiger charge is 2.27. The van der Waals surface area contributed by atoms with Crippen molar-refractivity contribution < 1.29 is 5.11 Å². The largest absolute Gasteiger partial charge is 0.389 e. The first-order chi connectivity index (χ1) is 7.09. The Morgan fingerprint density at radius 2 is 2.13 bits per heavy atom. The average molecular weight is 226 g/mol. The molecular weight excluding hydrogens is 210 g/mol. The van der Waals surface area contributed by atoms with Gasteiger partial charge in [-0.05, 0) is 37.5 Å². The highest BCUT2D eigenvalue weighted by Crippen LogP contribution is 2.35. The summed E-state index contributed by atoms with van der Waals surface area (Å²) in [6.45, 7) is 1.75. The first-order valence-electron chi connectivity index (χ1n) is 5.30. The Morgan fingerprint density at radius 1 is 1.47 bits per heavy atom. The van der Waals surface area contributed by atoms with Crippen LogP contribution in [-0.4, -0.2) is 18.2 Å². The van der Waals surface area contributed by atoms with E-state index in [9.17, 15) is 5.11 Å². The molecule has 0 spiro atoms. The summed E-state index contributed by atoms with van der Waals surface area (Å²) >= 11 is 6.19. The van der Waals surface area contributed by atoms with Crippen molar-refractivity contribution in [3.05, 3.63) is 28.8 Å². The normalized spacial score (nSPS) is 17.6. The van der Waals surface area contributed by atoms with Crippen LogP contribution in [0.1, 0.15) is 31.4 Å². The molecule has 15 heavy (non-hydrogen) atoms. The number of hydrogen-bond donors (Lipinski definition) is 1. The van der Waals surface area contributed by atoms with Crippen molar-refractivity contribution in [2.45, 2.75) is 31.9 Å². The number of aliphatic hydroxyl groups is 1. The molecule has 3 heteroatoms. The number of hydrogen-bond acceptors (Lipinski definition) is 2. The van der Waals surface area contributed by atoms with E-state index in [1.165, 1.54) is 12.8 Å². The van der Waals surface area contributed by atoms with Gasteiger partial charge in [0.2, 0.25) is 0 Å². The molecule has 0 aromatic heterocycles. The van der Waals surface area contributed by atoms with Gasteiger partial charge in [0.25, 0.3) is 0 Å². The van der Waals surface area contributed by atoms with Crippen molar-refractivity contribution in [3.8, 4) is 0 Å². The fraction of sp³-hybridized carbons (Fsp3) is 0.500. The van der Waals surface area contributed by atoms with E-state index in [0.717, 1.165) is 16.3 Å². The molecule has 82 valence electrons.